The summed E-state index contributed by atoms with van der Waals surface area (Å²) in [5.74, 6) is -0.431. The maximum Gasteiger partial charge on any atom is 0.262 e. The van der Waals surface area contributed by atoms with Crippen LogP contribution < -0.4 is 10.6 Å². The molecule has 0 spiro atoms. The Balaban J connectivity index is 1.47. The lowest BCUT2D eigenvalue weighted by molar-refractivity contribution is 0.0910. The number of aryl methyl sites for hydroxylation is 1. The summed E-state index contributed by atoms with van der Waals surface area (Å²) in [4.78, 5) is 31.2. The van der Waals surface area contributed by atoms with Gasteiger partial charge in [0.05, 0.1) is 26.5 Å². The molecule has 178 valence electrons. The number of likely N-dealkylation sites (N-methyl/N-ethyl adjacent to an activating group) is 1. The predicted molar refractivity (Wildman–Crippen MR) is 139 cm³/mol. The summed E-state index contributed by atoms with van der Waals surface area (Å²) in [6, 6.07) is 18.7. The monoisotopic (exact) mass is 496 g/mol. The van der Waals surface area contributed by atoms with Gasteiger partial charge >= 0.3 is 0 Å². The van der Waals surface area contributed by atoms with Gasteiger partial charge in [-0.15, -0.1) is 11.3 Å². The number of piperazine rings is 1. The van der Waals surface area contributed by atoms with Crippen LogP contribution in [-0.4, -0.2) is 61.4 Å². The van der Waals surface area contributed by atoms with Crippen LogP contribution in [0.1, 0.15) is 37.2 Å². The zero-order valence-corrected chi connectivity index (χ0v) is 21.0. The SMILES string of the molecule is Cc1cc(NC(=O)c2ccccc2Cl)sc1C(=O)NC(CN1CCN(C)CC1)c1ccccc1. The predicted octanol–water partition coefficient (Wildman–Crippen LogP) is 4.68. The van der Waals surface area contributed by atoms with Crippen molar-refractivity contribution in [3.8, 4) is 0 Å². The maximum atomic E-state index is 13.3. The molecule has 1 fully saturated rings. The number of benzene rings is 2. The highest BCUT2D eigenvalue weighted by Gasteiger charge is 2.24. The van der Waals surface area contributed by atoms with Gasteiger partial charge in [-0.2, -0.15) is 0 Å². The van der Waals surface area contributed by atoms with Crippen LogP contribution in [0.4, 0.5) is 5.00 Å². The Bertz CT molecular complexity index is 1140. The number of carbonyl (C=O) groups excluding carboxylic acids is 2. The van der Waals surface area contributed by atoms with E-state index in [4.69, 9.17) is 11.6 Å². The second kappa shape index (κ2) is 11.1. The van der Waals surface area contributed by atoms with Crippen molar-refractivity contribution in [1.29, 1.82) is 0 Å². The van der Waals surface area contributed by atoms with Crippen molar-refractivity contribution < 1.29 is 9.59 Å². The zero-order chi connectivity index (χ0) is 24.1. The molecule has 3 aromatic rings. The molecule has 1 unspecified atom stereocenters. The van der Waals surface area contributed by atoms with Gasteiger partial charge in [0.25, 0.3) is 11.8 Å². The Morgan fingerprint density at radius 2 is 1.68 bits per heavy atom. The summed E-state index contributed by atoms with van der Waals surface area (Å²) < 4.78 is 0. The number of nitrogens with one attached hydrogen (secondary N) is 2. The fourth-order valence-electron chi connectivity index (χ4n) is 4.03. The van der Waals surface area contributed by atoms with Gasteiger partial charge in [-0.05, 0) is 43.3 Å². The molecule has 0 saturated carbocycles. The highest BCUT2D eigenvalue weighted by molar-refractivity contribution is 7.18. The minimum absolute atomic E-state index is 0.125. The molecule has 8 heteroatoms. The van der Waals surface area contributed by atoms with Crippen LogP contribution in [0.5, 0.6) is 0 Å². The van der Waals surface area contributed by atoms with Gasteiger partial charge in [-0.25, -0.2) is 0 Å². The lowest BCUT2D eigenvalue weighted by atomic mass is 10.1. The van der Waals surface area contributed by atoms with Crippen LogP contribution in [0.25, 0.3) is 0 Å². The number of carbonyl (C=O) groups is 2. The largest absolute Gasteiger partial charge is 0.343 e. The number of anilines is 1. The van der Waals surface area contributed by atoms with Gasteiger partial charge < -0.3 is 15.5 Å². The lowest BCUT2D eigenvalue weighted by Crippen LogP contribution is -2.47. The minimum Gasteiger partial charge on any atom is -0.343 e. The van der Waals surface area contributed by atoms with Crippen molar-refractivity contribution >= 4 is 39.8 Å². The van der Waals surface area contributed by atoms with E-state index in [1.165, 1.54) is 11.3 Å². The molecular formula is C26H29ClN4O2S. The molecule has 6 nitrogen and oxygen atoms in total. The van der Waals surface area contributed by atoms with Crippen LogP contribution >= 0.6 is 22.9 Å². The lowest BCUT2D eigenvalue weighted by Gasteiger charge is -2.35. The number of hydrogen-bond acceptors (Lipinski definition) is 5. The Morgan fingerprint density at radius 1 is 1.00 bits per heavy atom. The van der Waals surface area contributed by atoms with Crippen molar-refractivity contribution in [3.63, 3.8) is 0 Å². The van der Waals surface area contributed by atoms with Gasteiger partial charge in [0.15, 0.2) is 0 Å². The topological polar surface area (TPSA) is 64.7 Å². The third-order valence-corrected chi connectivity index (χ3v) is 7.50. The highest BCUT2D eigenvalue weighted by Crippen LogP contribution is 2.29. The number of nitrogens with zero attached hydrogens (tertiary/aromatic N) is 2. The molecule has 2 amide bonds. The molecule has 4 rings (SSSR count). The van der Waals surface area contributed by atoms with Crippen LogP contribution in [0.2, 0.25) is 5.02 Å². The first-order chi connectivity index (χ1) is 16.4. The van der Waals surface area contributed by atoms with Crippen LogP contribution in [0, 0.1) is 6.92 Å². The minimum atomic E-state index is -0.295. The van der Waals surface area contributed by atoms with Gasteiger partial charge in [0.1, 0.15) is 0 Å². The van der Waals surface area contributed by atoms with Gasteiger partial charge in [-0.1, -0.05) is 54.1 Å². The quantitative estimate of drug-likeness (QED) is 0.498. The second-order valence-corrected chi connectivity index (χ2v) is 10.1. The van der Waals surface area contributed by atoms with Gasteiger partial charge in [0.2, 0.25) is 0 Å². The first kappa shape index (κ1) is 24.4. The van der Waals surface area contributed by atoms with Crippen molar-refractivity contribution in [2.45, 2.75) is 13.0 Å². The Hall–Kier alpha value is -2.71. The molecule has 1 atom stereocenters. The third-order valence-electron chi connectivity index (χ3n) is 6.02. The van der Waals surface area contributed by atoms with E-state index >= 15 is 0 Å². The zero-order valence-electron chi connectivity index (χ0n) is 19.4. The number of hydrogen-bond donors (Lipinski definition) is 2. The molecule has 1 aliphatic rings. The fourth-order valence-corrected chi connectivity index (χ4v) is 5.22. The first-order valence-electron chi connectivity index (χ1n) is 11.3. The van der Waals surface area contributed by atoms with Crippen molar-refractivity contribution in [2.24, 2.45) is 0 Å². The van der Waals surface area contributed by atoms with E-state index in [-0.39, 0.29) is 17.9 Å². The van der Waals surface area contributed by atoms with E-state index in [2.05, 4.69) is 39.6 Å². The average molecular weight is 497 g/mol. The van der Waals surface area contributed by atoms with Gasteiger partial charge in [0, 0.05) is 32.7 Å². The van der Waals surface area contributed by atoms with E-state index < -0.39 is 0 Å². The fraction of sp³-hybridized carbons (Fsp3) is 0.308. The smallest absolute Gasteiger partial charge is 0.262 e. The van der Waals surface area contributed by atoms with Crippen molar-refractivity contribution in [2.75, 3.05) is 45.1 Å². The normalized spacial score (nSPS) is 15.6. The van der Waals surface area contributed by atoms with Crippen molar-refractivity contribution in [1.82, 2.24) is 15.1 Å². The highest BCUT2D eigenvalue weighted by atomic mass is 35.5. The van der Waals surface area contributed by atoms with E-state index in [9.17, 15) is 9.59 Å². The van der Waals surface area contributed by atoms with E-state index in [0.717, 1.165) is 43.9 Å². The number of amides is 2. The van der Waals surface area contributed by atoms with E-state index in [0.29, 0.717) is 20.5 Å². The average Bonchev–Trinajstić information content (AvgIpc) is 3.20. The molecular weight excluding hydrogens is 468 g/mol. The molecule has 34 heavy (non-hydrogen) atoms. The van der Waals surface area contributed by atoms with Gasteiger partial charge in [-0.3, -0.25) is 14.5 Å². The summed E-state index contributed by atoms with van der Waals surface area (Å²) >= 11 is 7.42. The summed E-state index contributed by atoms with van der Waals surface area (Å²) in [6.07, 6.45) is 0. The molecule has 0 aliphatic carbocycles. The molecule has 2 aromatic carbocycles. The maximum absolute atomic E-state index is 13.3. The number of rotatable bonds is 7. The standard InChI is InChI=1S/C26H29ClN4O2S/c1-18-16-23(29-25(32)20-10-6-7-11-21(20)27)34-24(18)26(33)28-22(19-8-4-3-5-9-19)17-31-14-12-30(2)13-15-31/h3-11,16,22H,12-15,17H2,1-2H3,(H,28,33)(H,29,32). The summed E-state index contributed by atoms with van der Waals surface area (Å²) in [5.41, 5.74) is 2.30. The first-order valence-corrected chi connectivity index (χ1v) is 12.5. The molecule has 2 heterocycles. The molecule has 2 N–H and O–H groups in total. The number of thiophene rings is 1. The summed E-state index contributed by atoms with van der Waals surface area (Å²) in [5, 5.41) is 7.11. The Labute approximate surface area is 209 Å². The molecule has 1 saturated heterocycles. The van der Waals surface area contributed by atoms with Crippen LogP contribution in [0.15, 0.2) is 60.7 Å². The third kappa shape index (κ3) is 6.04. The molecule has 0 radical (unpaired) electrons. The Kier molecular flexibility index (Phi) is 8.00. The van der Waals surface area contributed by atoms with Crippen LogP contribution in [-0.2, 0) is 0 Å². The summed E-state index contributed by atoms with van der Waals surface area (Å²) in [7, 11) is 2.13. The van der Waals surface area contributed by atoms with Crippen molar-refractivity contribution in [3.05, 3.63) is 87.3 Å². The number of halogens is 1. The summed E-state index contributed by atoms with van der Waals surface area (Å²) in [6.45, 7) is 6.64. The molecule has 1 aromatic heterocycles. The second-order valence-electron chi connectivity index (χ2n) is 8.60. The molecule has 1 aliphatic heterocycles. The Morgan fingerprint density at radius 3 is 2.38 bits per heavy atom. The molecule has 0 bridgehead atoms. The van der Waals surface area contributed by atoms with E-state index in [1.54, 1.807) is 24.3 Å². The van der Waals surface area contributed by atoms with E-state index in [1.807, 2.05) is 31.2 Å². The van der Waals surface area contributed by atoms with Crippen LogP contribution in [0.3, 0.4) is 0 Å².